The second-order valence-corrected chi connectivity index (χ2v) is 6.92. The molecule has 8 heteroatoms. The lowest BCUT2D eigenvalue weighted by Crippen LogP contribution is -2.45. The number of aliphatic hydroxyl groups is 1. The van der Waals surface area contributed by atoms with E-state index < -0.39 is 5.60 Å². The van der Waals surface area contributed by atoms with Crippen LogP contribution in [0.2, 0.25) is 0 Å². The lowest BCUT2D eigenvalue weighted by molar-refractivity contribution is 0.0564. The van der Waals surface area contributed by atoms with Crippen molar-refractivity contribution >= 4 is 11.7 Å². The van der Waals surface area contributed by atoms with Crippen molar-refractivity contribution in [2.75, 3.05) is 24.5 Å². The zero-order chi connectivity index (χ0) is 17.9. The molecular formula is C17H23N5O3. The van der Waals surface area contributed by atoms with E-state index in [-0.39, 0.29) is 18.2 Å². The Kier molecular flexibility index (Phi) is 4.98. The highest BCUT2D eigenvalue weighted by molar-refractivity contribution is 5.91. The van der Waals surface area contributed by atoms with Crippen LogP contribution in [0.15, 0.2) is 29.2 Å². The maximum atomic E-state index is 12.2. The molecule has 8 nitrogen and oxygen atoms in total. The van der Waals surface area contributed by atoms with Gasteiger partial charge in [0.2, 0.25) is 5.76 Å². The Bertz CT molecular complexity index is 718. The Labute approximate surface area is 146 Å². The quantitative estimate of drug-likeness (QED) is 0.806. The zero-order valence-electron chi connectivity index (χ0n) is 14.5. The standard InChI is InChI=1S/C17H23N5O3/c1-12(2)7-13-8-14(25-21-13)16(23)20-10-17(24)3-6-22(11-17)15-9-18-4-5-19-15/h4-5,8-9,12,24H,3,6-7,10-11H2,1-2H3,(H,20,23)/t17-/m1/s1. The summed E-state index contributed by atoms with van der Waals surface area (Å²) in [6.07, 6.45) is 6.19. The van der Waals surface area contributed by atoms with Crippen LogP contribution >= 0.6 is 0 Å². The highest BCUT2D eigenvalue weighted by Crippen LogP contribution is 2.24. The molecule has 0 aliphatic carbocycles. The third-order valence-electron chi connectivity index (χ3n) is 4.18. The van der Waals surface area contributed by atoms with Crippen molar-refractivity contribution in [1.29, 1.82) is 0 Å². The normalized spacial score (nSPS) is 20.2. The smallest absolute Gasteiger partial charge is 0.290 e. The van der Waals surface area contributed by atoms with Crippen LogP contribution in [0, 0.1) is 5.92 Å². The highest BCUT2D eigenvalue weighted by Gasteiger charge is 2.37. The number of nitrogens with zero attached hydrogens (tertiary/aromatic N) is 4. The Morgan fingerprint density at radius 2 is 2.32 bits per heavy atom. The molecule has 2 aromatic heterocycles. The second-order valence-electron chi connectivity index (χ2n) is 6.92. The fraction of sp³-hybridized carbons (Fsp3) is 0.529. The number of hydrogen-bond acceptors (Lipinski definition) is 7. The molecule has 0 unspecified atom stereocenters. The van der Waals surface area contributed by atoms with E-state index in [2.05, 4.69) is 34.3 Å². The number of hydrogen-bond donors (Lipinski definition) is 2. The number of nitrogens with one attached hydrogen (secondary N) is 1. The number of carbonyl (C=O) groups excluding carboxylic acids is 1. The number of β-amino-alcohol motifs (C(OH)–C–C–N with tert-alkyl or cyclic N) is 1. The van der Waals surface area contributed by atoms with Crippen molar-refractivity contribution in [2.24, 2.45) is 5.92 Å². The molecule has 25 heavy (non-hydrogen) atoms. The summed E-state index contributed by atoms with van der Waals surface area (Å²) in [5.41, 5.74) is -0.248. The molecule has 3 heterocycles. The molecule has 3 rings (SSSR count). The third kappa shape index (κ3) is 4.33. The molecule has 1 aliphatic heterocycles. The summed E-state index contributed by atoms with van der Waals surface area (Å²) in [5.74, 6) is 0.961. The fourth-order valence-electron chi connectivity index (χ4n) is 2.92. The van der Waals surface area contributed by atoms with Crippen molar-refractivity contribution in [1.82, 2.24) is 20.4 Å². The molecule has 0 aromatic carbocycles. The van der Waals surface area contributed by atoms with E-state index in [1.54, 1.807) is 24.7 Å². The van der Waals surface area contributed by atoms with Crippen LogP contribution in [0.3, 0.4) is 0 Å². The van der Waals surface area contributed by atoms with Crippen molar-refractivity contribution in [3.8, 4) is 0 Å². The number of amides is 1. The largest absolute Gasteiger partial charge is 0.386 e. The van der Waals surface area contributed by atoms with E-state index in [9.17, 15) is 9.90 Å². The molecule has 0 bridgehead atoms. The van der Waals surface area contributed by atoms with E-state index in [0.29, 0.717) is 25.4 Å². The average Bonchev–Trinajstić information content (AvgIpc) is 3.21. The van der Waals surface area contributed by atoms with Crippen LogP contribution in [0.5, 0.6) is 0 Å². The molecule has 0 spiro atoms. The van der Waals surface area contributed by atoms with Gasteiger partial charge >= 0.3 is 0 Å². The lowest BCUT2D eigenvalue weighted by atomic mass is 10.0. The molecule has 0 saturated carbocycles. The predicted octanol–water partition coefficient (Wildman–Crippen LogP) is 1.03. The van der Waals surface area contributed by atoms with Gasteiger partial charge in [-0.05, 0) is 18.8 Å². The minimum atomic E-state index is -1.01. The predicted molar refractivity (Wildman–Crippen MR) is 91.2 cm³/mol. The van der Waals surface area contributed by atoms with Gasteiger partial charge in [0.25, 0.3) is 5.91 Å². The number of rotatable bonds is 6. The molecule has 2 N–H and O–H groups in total. The van der Waals surface area contributed by atoms with Crippen LogP contribution < -0.4 is 10.2 Å². The van der Waals surface area contributed by atoms with Gasteiger partial charge in [0, 0.05) is 38.1 Å². The molecule has 1 amide bonds. The molecule has 1 fully saturated rings. The first kappa shape index (κ1) is 17.3. The van der Waals surface area contributed by atoms with Gasteiger partial charge in [-0.2, -0.15) is 0 Å². The summed E-state index contributed by atoms with van der Waals surface area (Å²) in [6, 6.07) is 1.65. The van der Waals surface area contributed by atoms with Crippen LogP contribution in [-0.2, 0) is 6.42 Å². The first-order valence-corrected chi connectivity index (χ1v) is 8.42. The number of carbonyl (C=O) groups is 1. The Morgan fingerprint density at radius 3 is 3.04 bits per heavy atom. The van der Waals surface area contributed by atoms with Gasteiger partial charge in [0.1, 0.15) is 11.4 Å². The van der Waals surface area contributed by atoms with E-state index >= 15 is 0 Å². The summed E-state index contributed by atoms with van der Waals surface area (Å²) in [4.78, 5) is 22.4. The van der Waals surface area contributed by atoms with Crippen molar-refractivity contribution in [3.05, 3.63) is 36.1 Å². The molecule has 1 saturated heterocycles. The van der Waals surface area contributed by atoms with Gasteiger partial charge < -0.3 is 19.8 Å². The Balaban J connectivity index is 1.54. The molecule has 2 aromatic rings. The number of aromatic nitrogens is 3. The topological polar surface area (TPSA) is 104 Å². The van der Waals surface area contributed by atoms with Gasteiger partial charge in [-0.15, -0.1) is 0 Å². The SMILES string of the molecule is CC(C)Cc1cc(C(=O)NC[C@]2(O)CCN(c3cnccn3)C2)on1. The van der Waals surface area contributed by atoms with Crippen LogP contribution in [0.25, 0.3) is 0 Å². The molecular weight excluding hydrogens is 322 g/mol. The monoisotopic (exact) mass is 345 g/mol. The zero-order valence-corrected chi connectivity index (χ0v) is 14.5. The Hall–Kier alpha value is -2.48. The number of anilines is 1. The third-order valence-corrected chi connectivity index (χ3v) is 4.18. The van der Waals surface area contributed by atoms with Gasteiger partial charge in [0.05, 0.1) is 11.9 Å². The summed E-state index contributed by atoms with van der Waals surface area (Å²) in [7, 11) is 0. The van der Waals surface area contributed by atoms with Gasteiger partial charge in [-0.1, -0.05) is 19.0 Å². The minimum absolute atomic E-state index is 0.142. The van der Waals surface area contributed by atoms with Crippen molar-refractivity contribution in [2.45, 2.75) is 32.3 Å². The molecule has 0 radical (unpaired) electrons. The summed E-state index contributed by atoms with van der Waals surface area (Å²) in [6.45, 7) is 5.34. The van der Waals surface area contributed by atoms with Crippen LogP contribution in [0.1, 0.15) is 36.5 Å². The lowest BCUT2D eigenvalue weighted by Gasteiger charge is -2.23. The highest BCUT2D eigenvalue weighted by atomic mass is 16.5. The van der Waals surface area contributed by atoms with E-state index in [4.69, 9.17) is 4.52 Å². The van der Waals surface area contributed by atoms with Crippen molar-refractivity contribution in [3.63, 3.8) is 0 Å². The van der Waals surface area contributed by atoms with E-state index in [1.165, 1.54) is 0 Å². The van der Waals surface area contributed by atoms with Crippen LogP contribution in [-0.4, -0.2) is 51.4 Å². The first-order chi connectivity index (χ1) is 12.0. The molecule has 134 valence electrons. The maximum absolute atomic E-state index is 12.2. The van der Waals surface area contributed by atoms with Gasteiger partial charge in [-0.3, -0.25) is 9.78 Å². The average molecular weight is 345 g/mol. The first-order valence-electron chi connectivity index (χ1n) is 8.42. The fourth-order valence-corrected chi connectivity index (χ4v) is 2.92. The van der Waals surface area contributed by atoms with E-state index in [1.807, 2.05) is 4.90 Å². The molecule has 1 atom stereocenters. The van der Waals surface area contributed by atoms with Crippen LogP contribution in [0.4, 0.5) is 5.82 Å². The summed E-state index contributed by atoms with van der Waals surface area (Å²) in [5, 5.41) is 17.3. The Morgan fingerprint density at radius 1 is 1.48 bits per heavy atom. The summed E-state index contributed by atoms with van der Waals surface area (Å²) >= 11 is 0. The second kappa shape index (κ2) is 7.18. The molecule has 1 aliphatic rings. The summed E-state index contributed by atoms with van der Waals surface area (Å²) < 4.78 is 5.09. The van der Waals surface area contributed by atoms with Gasteiger partial charge in [0.15, 0.2) is 0 Å². The maximum Gasteiger partial charge on any atom is 0.290 e. The minimum Gasteiger partial charge on any atom is -0.386 e. The van der Waals surface area contributed by atoms with Crippen molar-refractivity contribution < 1.29 is 14.4 Å². The van der Waals surface area contributed by atoms with E-state index in [0.717, 1.165) is 17.9 Å². The van der Waals surface area contributed by atoms with Gasteiger partial charge in [-0.25, -0.2) is 4.98 Å².